The van der Waals surface area contributed by atoms with E-state index in [4.69, 9.17) is 4.98 Å². The van der Waals surface area contributed by atoms with Gasteiger partial charge in [-0.05, 0) is 24.8 Å². The maximum absolute atomic E-state index is 4.95. The van der Waals surface area contributed by atoms with E-state index in [-0.39, 0.29) is 0 Å². The first-order valence-electron chi connectivity index (χ1n) is 9.40. The molecule has 2 aromatic heterocycles. The van der Waals surface area contributed by atoms with Crippen molar-refractivity contribution in [1.82, 2.24) is 19.5 Å². The first kappa shape index (κ1) is 14.9. The van der Waals surface area contributed by atoms with E-state index in [9.17, 15) is 0 Å². The minimum absolute atomic E-state index is 0.576. The smallest absolute Gasteiger partial charge is 0.165 e. The van der Waals surface area contributed by atoms with Gasteiger partial charge >= 0.3 is 0 Å². The standard InChI is InChI=1S/C20H23N5/c1-3-7-15(8-4-1)16-10-12-24(13-16)19-18-20(22-14-21-19)25-11-6-2-5-9-17(25)23-18/h1,3-4,7-8,14,16H,2,5-6,9-13H2/t16-/m1/s1. The van der Waals surface area contributed by atoms with Crippen molar-refractivity contribution in [3.8, 4) is 0 Å². The summed E-state index contributed by atoms with van der Waals surface area (Å²) in [4.78, 5) is 16.5. The fourth-order valence-electron chi connectivity index (χ4n) is 4.31. The molecule has 0 N–H and O–H groups in total. The van der Waals surface area contributed by atoms with Crippen LogP contribution >= 0.6 is 0 Å². The lowest BCUT2D eigenvalue weighted by Gasteiger charge is -2.17. The van der Waals surface area contributed by atoms with Crippen LogP contribution in [0.2, 0.25) is 0 Å². The summed E-state index contributed by atoms with van der Waals surface area (Å²) in [5.41, 5.74) is 3.44. The molecule has 0 amide bonds. The Morgan fingerprint density at radius 1 is 0.960 bits per heavy atom. The van der Waals surface area contributed by atoms with E-state index in [1.54, 1.807) is 6.33 Å². The van der Waals surface area contributed by atoms with Crippen molar-refractivity contribution < 1.29 is 0 Å². The molecular formula is C20H23N5. The Bertz CT molecular complexity index is 886. The highest BCUT2D eigenvalue weighted by Crippen LogP contribution is 2.33. The van der Waals surface area contributed by atoms with Gasteiger partial charge in [-0.1, -0.05) is 36.8 Å². The predicted molar refractivity (Wildman–Crippen MR) is 98.9 cm³/mol. The van der Waals surface area contributed by atoms with Crippen molar-refractivity contribution in [1.29, 1.82) is 0 Å². The minimum atomic E-state index is 0.576. The van der Waals surface area contributed by atoms with Gasteiger partial charge in [-0.3, -0.25) is 0 Å². The highest BCUT2D eigenvalue weighted by molar-refractivity contribution is 5.84. The fraction of sp³-hybridized carbons (Fsp3) is 0.450. The van der Waals surface area contributed by atoms with Gasteiger partial charge in [0.2, 0.25) is 0 Å². The highest BCUT2D eigenvalue weighted by Gasteiger charge is 2.28. The van der Waals surface area contributed by atoms with Crippen LogP contribution in [-0.4, -0.2) is 32.6 Å². The Morgan fingerprint density at radius 3 is 2.80 bits per heavy atom. The Hall–Kier alpha value is -2.43. The monoisotopic (exact) mass is 333 g/mol. The number of fused-ring (bicyclic) bond motifs is 3. The van der Waals surface area contributed by atoms with Crippen LogP contribution in [0.15, 0.2) is 36.7 Å². The van der Waals surface area contributed by atoms with E-state index in [2.05, 4.69) is 49.8 Å². The van der Waals surface area contributed by atoms with Crippen LogP contribution in [0, 0.1) is 0 Å². The van der Waals surface area contributed by atoms with Crippen LogP contribution in [0.25, 0.3) is 11.2 Å². The number of aryl methyl sites for hydroxylation is 2. The summed E-state index contributed by atoms with van der Waals surface area (Å²) in [5.74, 6) is 2.78. The van der Waals surface area contributed by atoms with Crippen LogP contribution in [0.4, 0.5) is 5.82 Å². The summed E-state index contributed by atoms with van der Waals surface area (Å²) in [6.07, 6.45) is 7.68. The lowest BCUT2D eigenvalue weighted by molar-refractivity contribution is 0.643. The zero-order chi connectivity index (χ0) is 16.6. The second-order valence-corrected chi connectivity index (χ2v) is 7.20. The van der Waals surface area contributed by atoms with Crippen molar-refractivity contribution in [3.05, 3.63) is 48.0 Å². The molecule has 0 bridgehead atoms. The van der Waals surface area contributed by atoms with Crippen LogP contribution in [0.3, 0.4) is 0 Å². The van der Waals surface area contributed by atoms with Crippen LogP contribution in [0.1, 0.15) is 43.0 Å². The molecule has 1 fully saturated rings. The van der Waals surface area contributed by atoms with Gasteiger partial charge in [-0.15, -0.1) is 0 Å². The Morgan fingerprint density at radius 2 is 1.88 bits per heavy atom. The first-order valence-corrected chi connectivity index (χ1v) is 9.40. The topological polar surface area (TPSA) is 46.8 Å². The molecule has 2 aliphatic heterocycles. The number of rotatable bonds is 2. The van der Waals surface area contributed by atoms with Crippen LogP contribution < -0.4 is 4.90 Å². The van der Waals surface area contributed by atoms with Crippen molar-refractivity contribution in [2.24, 2.45) is 0 Å². The SMILES string of the molecule is c1ccc([C@@H]2CCN(c3ncnc4c3nc3n4CCCCC3)C2)cc1. The van der Waals surface area contributed by atoms with E-state index in [0.29, 0.717) is 5.92 Å². The lowest BCUT2D eigenvalue weighted by atomic mass is 9.99. The fourth-order valence-corrected chi connectivity index (χ4v) is 4.31. The predicted octanol–water partition coefficient (Wildman–Crippen LogP) is 3.55. The second-order valence-electron chi connectivity index (χ2n) is 7.20. The number of hydrogen-bond acceptors (Lipinski definition) is 4. The highest BCUT2D eigenvalue weighted by atomic mass is 15.2. The third-order valence-electron chi connectivity index (χ3n) is 5.63. The number of nitrogens with zero attached hydrogens (tertiary/aromatic N) is 5. The second kappa shape index (κ2) is 6.14. The zero-order valence-corrected chi connectivity index (χ0v) is 14.4. The molecule has 1 saturated heterocycles. The molecule has 2 aliphatic rings. The number of anilines is 1. The van der Waals surface area contributed by atoms with Crippen molar-refractivity contribution >= 4 is 17.0 Å². The van der Waals surface area contributed by atoms with E-state index < -0.39 is 0 Å². The molecule has 25 heavy (non-hydrogen) atoms. The van der Waals surface area contributed by atoms with Gasteiger partial charge in [0.15, 0.2) is 17.0 Å². The third-order valence-corrected chi connectivity index (χ3v) is 5.63. The van der Waals surface area contributed by atoms with Crippen LogP contribution in [0.5, 0.6) is 0 Å². The molecule has 0 aliphatic carbocycles. The number of benzene rings is 1. The average Bonchev–Trinajstić information content (AvgIpc) is 3.21. The minimum Gasteiger partial charge on any atom is -0.354 e. The van der Waals surface area contributed by atoms with E-state index >= 15 is 0 Å². The summed E-state index contributed by atoms with van der Waals surface area (Å²) >= 11 is 0. The largest absolute Gasteiger partial charge is 0.354 e. The van der Waals surface area contributed by atoms with E-state index in [1.807, 2.05) is 0 Å². The quantitative estimate of drug-likeness (QED) is 0.719. The summed E-state index contributed by atoms with van der Waals surface area (Å²) < 4.78 is 2.32. The number of imidazole rings is 1. The molecule has 0 saturated carbocycles. The first-order chi connectivity index (χ1) is 12.4. The van der Waals surface area contributed by atoms with Gasteiger partial charge in [-0.2, -0.15) is 0 Å². The van der Waals surface area contributed by atoms with Crippen molar-refractivity contribution in [3.63, 3.8) is 0 Å². The van der Waals surface area contributed by atoms with Gasteiger partial charge in [0.25, 0.3) is 0 Å². The van der Waals surface area contributed by atoms with E-state index in [1.165, 1.54) is 37.1 Å². The third kappa shape index (κ3) is 2.58. The Kier molecular flexibility index (Phi) is 3.65. The zero-order valence-electron chi connectivity index (χ0n) is 14.4. The molecule has 4 heterocycles. The molecule has 5 nitrogen and oxygen atoms in total. The summed E-state index contributed by atoms with van der Waals surface area (Å²) in [5, 5.41) is 0. The summed E-state index contributed by atoms with van der Waals surface area (Å²) in [6.45, 7) is 3.08. The maximum atomic E-state index is 4.95. The molecule has 5 heteroatoms. The van der Waals surface area contributed by atoms with E-state index in [0.717, 1.165) is 43.0 Å². The molecular weight excluding hydrogens is 310 g/mol. The molecule has 0 spiro atoms. The molecule has 0 radical (unpaired) electrons. The van der Waals surface area contributed by atoms with Gasteiger partial charge in [0.1, 0.15) is 12.2 Å². The van der Waals surface area contributed by atoms with Gasteiger partial charge in [0, 0.05) is 32.0 Å². The summed E-state index contributed by atoms with van der Waals surface area (Å²) in [6, 6.07) is 10.8. The normalized spacial score (nSPS) is 20.6. The van der Waals surface area contributed by atoms with Crippen LogP contribution in [-0.2, 0) is 13.0 Å². The van der Waals surface area contributed by atoms with Gasteiger partial charge in [-0.25, -0.2) is 15.0 Å². The van der Waals surface area contributed by atoms with Crippen molar-refractivity contribution in [2.45, 2.75) is 44.6 Å². The number of aromatic nitrogens is 4. The molecule has 128 valence electrons. The molecule has 1 aromatic carbocycles. The molecule has 0 unspecified atom stereocenters. The van der Waals surface area contributed by atoms with Gasteiger partial charge < -0.3 is 9.47 Å². The lowest BCUT2D eigenvalue weighted by Crippen LogP contribution is -2.21. The van der Waals surface area contributed by atoms with Crippen molar-refractivity contribution in [2.75, 3.05) is 18.0 Å². The summed E-state index contributed by atoms with van der Waals surface area (Å²) in [7, 11) is 0. The average molecular weight is 333 g/mol. The molecule has 1 atom stereocenters. The maximum Gasteiger partial charge on any atom is 0.165 e. The molecule has 3 aromatic rings. The van der Waals surface area contributed by atoms with Gasteiger partial charge in [0.05, 0.1) is 0 Å². The Labute approximate surface area is 147 Å². The molecule has 5 rings (SSSR count). The Balaban J connectivity index is 1.49. The number of hydrogen-bond donors (Lipinski definition) is 0.